The Morgan fingerprint density at radius 3 is 2.67 bits per heavy atom. The van der Waals surface area contributed by atoms with Gasteiger partial charge in [0.25, 0.3) is 5.91 Å². The number of carbonyl (C=O) groups excluding carboxylic acids is 1. The largest absolute Gasteiger partial charge is 0.306 e. The second kappa shape index (κ2) is 5.46. The van der Waals surface area contributed by atoms with Crippen LogP contribution in [0.4, 0.5) is 10.2 Å². The molecule has 0 radical (unpaired) electrons. The predicted octanol–water partition coefficient (Wildman–Crippen LogP) is 3.89. The van der Waals surface area contributed by atoms with Gasteiger partial charge in [-0.2, -0.15) is 0 Å². The summed E-state index contributed by atoms with van der Waals surface area (Å²) in [5.74, 6) is -0.929. The molecule has 1 aromatic carbocycles. The fourth-order valence-corrected chi connectivity index (χ4v) is 2.06. The van der Waals surface area contributed by atoms with E-state index in [1.165, 1.54) is 12.1 Å². The molecule has 1 aromatic heterocycles. The summed E-state index contributed by atoms with van der Waals surface area (Å²) in [7, 11) is 0. The molecule has 92 valence electrons. The summed E-state index contributed by atoms with van der Waals surface area (Å²) in [6.07, 6.45) is 0. The summed E-state index contributed by atoms with van der Waals surface area (Å²) in [4.78, 5) is 15.8. The first-order valence-electron chi connectivity index (χ1n) is 4.96. The van der Waals surface area contributed by atoms with E-state index in [9.17, 15) is 9.18 Å². The van der Waals surface area contributed by atoms with E-state index >= 15 is 0 Å². The highest BCUT2D eigenvalue weighted by Crippen LogP contribution is 2.21. The number of nitrogens with zero attached hydrogens (tertiary/aromatic N) is 1. The Kier molecular flexibility index (Phi) is 3.93. The van der Waals surface area contributed by atoms with Gasteiger partial charge < -0.3 is 5.32 Å². The molecule has 0 aliphatic carbocycles. The van der Waals surface area contributed by atoms with Gasteiger partial charge in [-0.15, -0.1) is 0 Å². The van der Waals surface area contributed by atoms with E-state index in [1.807, 2.05) is 0 Å². The topological polar surface area (TPSA) is 42.0 Å². The van der Waals surface area contributed by atoms with Crippen LogP contribution in [-0.4, -0.2) is 10.9 Å². The Morgan fingerprint density at radius 1 is 1.28 bits per heavy atom. The van der Waals surface area contributed by atoms with Gasteiger partial charge in [-0.05, 0) is 40.2 Å². The number of pyridine rings is 1. The Labute approximate surface area is 116 Å². The van der Waals surface area contributed by atoms with E-state index in [1.54, 1.807) is 24.3 Å². The summed E-state index contributed by atoms with van der Waals surface area (Å²) in [5.41, 5.74) is -0.0701. The fraction of sp³-hybridized carbons (Fsp3) is 0. The molecule has 0 unspecified atom stereocenters. The molecule has 3 nitrogen and oxygen atoms in total. The van der Waals surface area contributed by atoms with Gasteiger partial charge in [-0.1, -0.05) is 23.7 Å². The van der Waals surface area contributed by atoms with Gasteiger partial charge in [0.15, 0.2) is 0 Å². The predicted molar refractivity (Wildman–Crippen MR) is 71.3 cm³/mol. The summed E-state index contributed by atoms with van der Waals surface area (Å²) in [6, 6.07) is 9.10. The summed E-state index contributed by atoms with van der Waals surface area (Å²) >= 11 is 8.82. The number of halogens is 3. The van der Waals surface area contributed by atoms with E-state index in [-0.39, 0.29) is 16.5 Å². The third-order valence-electron chi connectivity index (χ3n) is 2.15. The molecule has 0 spiro atoms. The van der Waals surface area contributed by atoms with Gasteiger partial charge in [0.1, 0.15) is 16.8 Å². The third-order valence-corrected chi connectivity index (χ3v) is 3.02. The number of rotatable bonds is 2. The van der Waals surface area contributed by atoms with Crippen LogP contribution in [0.5, 0.6) is 0 Å². The van der Waals surface area contributed by atoms with Crippen LogP contribution in [0.15, 0.2) is 40.9 Å². The average Bonchev–Trinajstić information content (AvgIpc) is 2.28. The molecule has 0 saturated carbocycles. The molecule has 0 saturated heterocycles. The van der Waals surface area contributed by atoms with Crippen LogP contribution in [0.2, 0.25) is 5.15 Å². The van der Waals surface area contributed by atoms with Crippen molar-refractivity contribution in [3.05, 3.63) is 57.4 Å². The molecule has 1 N–H and O–H groups in total. The minimum atomic E-state index is -0.607. The maximum Gasteiger partial charge on any atom is 0.260 e. The molecule has 6 heteroatoms. The number of carbonyl (C=O) groups is 1. The first-order valence-corrected chi connectivity index (χ1v) is 6.13. The Bertz CT molecular complexity index is 586. The molecular formula is C12H7BrClFN2O. The van der Waals surface area contributed by atoms with Gasteiger partial charge in [0.05, 0.1) is 5.56 Å². The van der Waals surface area contributed by atoms with Crippen LogP contribution in [0.25, 0.3) is 0 Å². The lowest BCUT2D eigenvalue weighted by atomic mass is 10.2. The zero-order valence-electron chi connectivity index (χ0n) is 8.95. The highest BCUT2D eigenvalue weighted by Gasteiger charge is 2.15. The lowest BCUT2D eigenvalue weighted by Crippen LogP contribution is -2.15. The highest BCUT2D eigenvalue weighted by atomic mass is 79.9. The van der Waals surface area contributed by atoms with Crippen molar-refractivity contribution in [3.8, 4) is 0 Å². The second-order valence-electron chi connectivity index (χ2n) is 3.40. The molecule has 0 atom stereocenters. The van der Waals surface area contributed by atoms with Crippen molar-refractivity contribution in [2.24, 2.45) is 0 Å². The molecule has 1 heterocycles. The Morgan fingerprint density at radius 2 is 2.00 bits per heavy atom. The maximum absolute atomic E-state index is 13.5. The van der Waals surface area contributed by atoms with Gasteiger partial charge in [-0.3, -0.25) is 4.79 Å². The zero-order valence-corrected chi connectivity index (χ0v) is 11.3. The Hall–Kier alpha value is -1.46. The van der Waals surface area contributed by atoms with Crippen LogP contribution in [0, 0.1) is 5.82 Å². The molecule has 0 fully saturated rings. The summed E-state index contributed by atoms with van der Waals surface area (Å²) in [5, 5.41) is 2.73. The molecule has 0 aliphatic rings. The van der Waals surface area contributed by atoms with Crippen molar-refractivity contribution >= 4 is 39.3 Å². The minimum Gasteiger partial charge on any atom is -0.306 e. The molecule has 2 rings (SSSR count). The molecule has 2 aromatic rings. The number of hydrogen-bond donors (Lipinski definition) is 1. The highest BCUT2D eigenvalue weighted by molar-refractivity contribution is 9.10. The average molecular weight is 330 g/mol. The van der Waals surface area contributed by atoms with Gasteiger partial charge in [0.2, 0.25) is 0 Å². The van der Waals surface area contributed by atoms with Crippen molar-refractivity contribution in [2.45, 2.75) is 0 Å². The van der Waals surface area contributed by atoms with Crippen molar-refractivity contribution in [3.63, 3.8) is 0 Å². The number of benzene rings is 1. The van der Waals surface area contributed by atoms with Crippen molar-refractivity contribution in [1.29, 1.82) is 0 Å². The van der Waals surface area contributed by atoms with Crippen molar-refractivity contribution in [1.82, 2.24) is 4.98 Å². The molecule has 0 bridgehead atoms. The van der Waals surface area contributed by atoms with Crippen LogP contribution in [0.1, 0.15) is 10.4 Å². The number of nitrogens with one attached hydrogen (secondary N) is 1. The van der Waals surface area contributed by atoms with E-state index in [4.69, 9.17) is 11.6 Å². The number of anilines is 1. The number of aromatic nitrogens is 1. The molecule has 18 heavy (non-hydrogen) atoms. The van der Waals surface area contributed by atoms with Gasteiger partial charge in [0, 0.05) is 4.47 Å². The first kappa shape index (κ1) is 13.0. The lowest BCUT2D eigenvalue weighted by Gasteiger charge is -2.07. The smallest absolute Gasteiger partial charge is 0.260 e. The summed E-state index contributed by atoms with van der Waals surface area (Å²) < 4.78 is 13.9. The zero-order chi connectivity index (χ0) is 13.1. The maximum atomic E-state index is 13.5. The Balaban J connectivity index is 2.28. The molecule has 0 aliphatic heterocycles. The van der Waals surface area contributed by atoms with E-state index in [2.05, 4.69) is 26.2 Å². The lowest BCUT2D eigenvalue weighted by molar-refractivity contribution is 0.102. The van der Waals surface area contributed by atoms with E-state index in [0.29, 0.717) is 4.47 Å². The van der Waals surface area contributed by atoms with E-state index < -0.39 is 11.7 Å². The third kappa shape index (κ3) is 2.86. The van der Waals surface area contributed by atoms with Crippen LogP contribution >= 0.6 is 27.5 Å². The fourth-order valence-electron chi connectivity index (χ4n) is 1.37. The van der Waals surface area contributed by atoms with E-state index in [0.717, 1.165) is 0 Å². The first-order chi connectivity index (χ1) is 8.58. The van der Waals surface area contributed by atoms with Crippen molar-refractivity contribution < 1.29 is 9.18 Å². The monoisotopic (exact) mass is 328 g/mol. The number of hydrogen-bond acceptors (Lipinski definition) is 2. The summed E-state index contributed by atoms with van der Waals surface area (Å²) in [6.45, 7) is 0. The second-order valence-corrected chi connectivity index (χ2v) is 4.64. The SMILES string of the molecule is O=C(Nc1cccc(Cl)n1)c1c(F)cccc1Br. The molecular weight excluding hydrogens is 322 g/mol. The quantitative estimate of drug-likeness (QED) is 0.849. The number of amides is 1. The normalized spacial score (nSPS) is 10.2. The van der Waals surface area contributed by atoms with Crippen LogP contribution in [0.3, 0.4) is 0 Å². The minimum absolute atomic E-state index is 0.0701. The van der Waals surface area contributed by atoms with Crippen molar-refractivity contribution in [2.75, 3.05) is 5.32 Å². The van der Waals surface area contributed by atoms with Crippen LogP contribution in [-0.2, 0) is 0 Å². The van der Waals surface area contributed by atoms with Gasteiger partial charge in [-0.25, -0.2) is 9.37 Å². The van der Waals surface area contributed by atoms with Crippen LogP contribution < -0.4 is 5.32 Å². The standard InChI is InChI=1S/C12H7BrClFN2O/c13-7-3-1-4-8(15)11(7)12(18)17-10-6-2-5-9(14)16-10/h1-6H,(H,16,17,18). The van der Waals surface area contributed by atoms with Gasteiger partial charge >= 0.3 is 0 Å². The molecule has 1 amide bonds.